The number of nitrogens with two attached hydrogens (primary N) is 1. The zero-order valence-electron chi connectivity index (χ0n) is 8.96. The van der Waals surface area contributed by atoms with E-state index in [9.17, 15) is 0 Å². The molecule has 1 aliphatic carbocycles. The van der Waals surface area contributed by atoms with Crippen LogP contribution in [0.5, 0.6) is 0 Å². The molecule has 0 amide bonds. The van der Waals surface area contributed by atoms with Gasteiger partial charge in [0.25, 0.3) is 0 Å². The number of thiophene rings is 1. The summed E-state index contributed by atoms with van der Waals surface area (Å²) in [7, 11) is 0. The number of hydrogen-bond acceptors (Lipinski definition) is 3. The number of rotatable bonds is 4. The van der Waals surface area contributed by atoms with E-state index in [0.717, 1.165) is 6.42 Å². The van der Waals surface area contributed by atoms with Gasteiger partial charge in [-0.15, -0.1) is 17.9 Å². The SMILES string of the molecule is C=CCC(NN)c1cc2c(s1)CCCC2. The molecule has 1 aromatic rings. The molecule has 0 aromatic carbocycles. The van der Waals surface area contributed by atoms with Gasteiger partial charge in [-0.05, 0) is 43.7 Å². The lowest BCUT2D eigenvalue weighted by molar-refractivity contribution is 0.570. The van der Waals surface area contributed by atoms with E-state index in [0.29, 0.717) is 0 Å². The zero-order valence-corrected chi connectivity index (χ0v) is 9.78. The summed E-state index contributed by atoms with van der Waals surface area (Å²) in [5.74, 6) is 5.56. The van der Waals surface area contributed by atoms with E-state index in [2.05, 4.69) is 18.1 Å². The van der Waals surface area contributed by atoms with Crippen LogP contribution in [0, 0.1) is 0 Å². The molecule has 0 fully saturated rings. The Hall–Kier alpha value is -0.640. The van der Waals surface area contributed by atoms with Crippen molar-refractivity contribution in [2.75, 3.05) is 0 Å². The van der Waals surface area contributed by atoms with Gasteiger partial charge in [-0.2, -0.15) is 0 Å². The van der Waals surface area contributed by atoms with Crippen LogP contribution in [-0.4, -0.2) is 0 Å². The predicted molar refractivity (Wildman–Crippen MR) is 65.8 cm³/mol. The van der Waals surface area contributed by atoms with E-state index < -0.39 is 0 Å². The Labute approximate surface area is 95.2 Å². The van der Waals surface area contributed by atoms with E-state index in [1.165, 1.54) is 30.6 Å². The molecule has 82 valence electrons. The highest BCUT2D eigenvalue weighted by Gasteiger charge is 2.17. The molecule has 1 aliphatic rings. The van der Waals surface area contributed by atoms with Gasteiger partial charge in [0, 0.05) is 9.75 Å². The van der Waals surface area contributed by atoms with Crippen LogP contribution in [0.3, 0.4) is 0 Å². The molecule has 0 aliphatic heterocycles. The molecule has 2 rings (SSSR count). The van der Waals surface area contributed by atoms with Crippen molar-refractivity contribution < 1.29 is 0 Å². The van der Waals surface area contributed by atoms with Gasteiger partial charge in [-0.25, -0.2) is 0 Å². The smallest absolute Gasteiger partial charge is 0.0587 e. The predicted octanol–water partition coefficient (Wildman–Crippen LogP) is 2.71. The highest BCUT2D eigenvalue weighted by atomic mass is 32.1. The molecule has 3 N–H and O–H groups in total. The third-order valence-corrected chi connectivity index (χ3v) is 4.31. The molecule has 0 radical (unpaired) electrons. The average Bonchev–Trinajstić information content (AvgIpc) is 2.69. The summed E-state index contributed by atoms with van der Waals surface area (Å²) >= 11 is 1.92. The summed E-state index contributed by atoms with van der Waals surface area (Å²) in [5, 5.41) is 0. The van der Waals surface area contributed by atoms with Crippen molar-refractivity contribution >= 4 is 11.3 Å². The second-order valence-corrected chi connectivity index (χ2v) is 5.22. The highest BCUT2D eigenvalue weighted by molar-refractivity contribution is 7.12. The van der Waals surface area contributed by atoms with Crippen LogP contribution in [0.4, 0.5) is 0 Å². The Kier molecular flexibility index (Phi) is 3.57. The van der Waals surface area contributed by atoms with E-state index in [1.807, 2.05) is 17.4 Å². The number of fused-ring (bicyclic) bond motifs is 1. The fraction of sp³-hybridized carbons (Fsp3) is 0.500. The molecule has 1 heterocycles. The summed E-state index contributed by atoms with van der Waals surface area (Å²) in [4.78, 5) is 2.94. The highest BCUT2D eigenvalue weighted by Crippen LogP contribution is 2.33. The fourth-order valence-electron chi connectivity index (χ4n) is 2.12. The lowest BCUT2D eigenvalue weighted by Gasteiger charge is -2.10. The van der Waals surface area contributed by atoms with Crippen molar-refractivity contribution in [1.29, 1.82) is 0 Å². The van der Waals surface area contributed by atoms with Crippen LogP contribution in [0.2, 0.25) is 0 Å². The standard InChI is InChI=1S/C12H18N2S/c1-2-5-10(14-13)12-8-9-6-3-4-7-11(9)15-12/h2,8,10,14H,1,3-7,13H2. The van der Waals surface area contributed by atoms with Crippen molar-refractivity contribution in [3.05, 3.63) is 34.0 Å². The maximum atomic E-state index is 5.56. The monoisotopic (exact) mass is 222 g/mol. The fourth-order valence-corrected chi connectivity index (χ4v) is 3.45. The second-order valence-electron chi connectivity index (χ2n) is 4.05. The molecule has 0 saturated carbocycles. The number of aryl methyl sites for hydroxylation is 2. The topological polar surface area (TPSA) is 38.0 Å². The molecule has 0 bridgehead atoms. The summed E-state index contributed by atoms with van der Waals surface area (Å²) in [5.41, 5.74) is 4.41. The van der Waals surface area contributed by atoms with E-state index >= 15 is 0 Å². The number of nitrogens with one attached hydrogen (secondary N) is 1. The van der Waals surface area contributed by atoms with E-state index in [-0.39, 0.29) is 6.04 Å². The summed E-state index contributed by atoms with van der Waals surface area (Å²) < 4.78 is 0. The minimum atomic E-state index is 0.248. The molecule has 1 atom stereocenters. The van der Waals surface area contributed by atoms with E-state index in [4.69, 9.17) is 5.84 Å². The molecule has 0 saturated heterocycles. The Morgan fingerprint density at radius 2 is 2.33 bits per heavy atom. The maximum Gasteiger partial charge on any atom is 0.0587 e. The molecule has 15 heavy (non-hydrogen) atoms. The normalized spacial score (nSPS) is 17.1. The van der Waals surface area contributed by atoms with Gasteiger partial charge in [0.15, 0.2) is 0 Å². The molecular weight excluding hydrogens is 204 g/mol. The molecular formula is C12H18N2S. The van der Waals surface area contributed by atoms with Gasteiger partial charge in [0.2, 0.25) is 0 Å². The number of hydrazine groups is 1. The van der Waals surface area contributed by atoms with Crippen LogP contribution in [-0.2, 0) is 12.8 Å². The first kappa shape index (κ1) is 10.9. The maximum absolute atomic E-state index is 5.56. The molecule has 1 aromatic heterocycles. The Bertz CT molecular complexity index is 320. The van der Waals surface area contributed by atoms with Crippen molar-refractivity contribution in [2.24, 2.45) is 5.84 Å². The van der Waals surface area contributed by atoms with Crippen LogP contribution in [0.25, 0.3) is 0 Å². The third kappa shape index (κ3) is 2.30. The zero-order chi connectivity index (χ0) is 10.7. The minimum absolute atomic E-state index is 0.248. The van der Waals surface area contributed by atoms with Crippen LogP contribution >= 0.6 is 11.3 Å². The van der Waals surface area contributed by atoms with Gasteiger partial charge in [0.05, 0.1) is 6.04 Å². The van der Waals surface area contributed by atoms with Gasteiger partial charge in [-0.3, -0.25) is 11.3 Å². The van der Waals surface area contributed by atoms with Gasteiger partial charge in [0.1, 0.15) is 0 Å². The summed E-state index contributed by atoms with van der Waals surface area (Å²) in [6.45, 7) is 3.76. The van der Waals surface area contributed by atoms with Crippen molar-refractivity contribution in [1.82, 2.24) is 5.43 Å². The van der Waals surface area contributed by atoms with Crippen molar-refractivity contribution in [3.63, 3.8) is 0 Å². The lowest BCUT2D eigenvalue weighted by atomic mass is 9.98. The molecule has 0 spiro atoms. The Morgan fingerprint density at radius 3 is 3.00 bits per heavy atom. The Balaban J connectivity index is 2.20. The Morgan fingerprint density at radius 1 is 1.53 bits per heavy atom. The van der Waals surface area contributed by atoms with Crippen molar-refractivity contribution in [2.45, 2.75) is 38.1 Å². The first-order valence-corrected chi connectivity index (χ1v) is 6.35. The van der Waals surface area contributed by atoms with Crippen LogP contribution in [0.1, 0.15) is 40.6 Å². The van der Waals surface area contributed by atoms with Crippen LogP contribution < -0.4 is 11.3 Å². The second kappa shape index (κ2) is 4.92. The van der Waals surface area contributed by atoms with Crippen LogP contribution in [0.15, 0.2) is 18.7 Å². The third-order valence-electron chi connectivity index (χ3n) is 2.96. The van der Waals surface area contributed by atoms with Gasteiger partial charge in [-0.1, -0.05) is 6.08 Å². The molecule has 3 heteroatoms. The average molecular weight is 222 g/mol. The van der Waals surface area contributed by atoms with Gasteiger partial charge < -0.3 is 0 Å². The quantitative estimate of drug-likeness (QED) is 0.467. The van der Waals surface area contributed by atoms with Crippen molar-refractivity contribution in [3.8, 4) is 0 Å². The summed E-state index contributed by atoms with van der Waals surface area (Å²) in [6.07, 6.45) is 8.00. The minimum Gasteiger partial charge on any atom is -0.271 e. The number of hydrogen-bond donors (Lipinski definition) is 2. The van der Waals surface area contributed by atoms with E-state index in [1.54, 1.807) is 10.4 Å². The summed E-state index contributed by atoms with van der Waals surface area (Å²) in [6, 6.07) is 2.57. The largest absolute Gasteiger partial charge is 0.271 e. The first-order valence-electron chi connectivity index (χ1n) is 5.53. The first-order chi connectivity index (χ1) is 7.35. The molecule has 2 nitrogen and oxygen atoms in total. The lowest BCUT2D eigenvalue weighted by Crippen LogP contribution is -2.26. The molecule has 1 unspecified atom stereocenters. The van der Waals surface area contributed by atoms with Gasteiger partial charge >= 0.3 is 0 Å².